The Morgan fingerprint density at radius 2 is 2.33 bits per heavy atom. The van der Waals surface area contributed by atoms with E-state index in [-0.39, 0.29) is 0 Å². The van der Waals surface area contributed by atoms with Crippen LogP contribution in [0.4, 0.5) is 0 Å². The van der Waals surface area contributed by atoms with Gasteiger partial charge in [0.2, 0.25) is 0 Å². The first-order valence-electron chi connectivity index (χ1n) is 5.74. The summed E-state index contributed by atoms with van der Waals surface area (Å²) in [6.45, 7) is 4.12. The first-order valence-corrected chi connectivity index (χ1v) is 8.40. The molecule has 0 aliphatic carbocycles. The largest absolute Gasteiger partial charge is 0.311 e. The predicted octanol–water partition coefficient (Wildman–Crippen LogP) is 4.10. The highest BCUT2D eigenvalue weighted by molar-refractivity contribution is 9.10. The third-order valence-corrected chi connectivity index (χ3v) is 5.43. The topological polar surface area (TPSA) is 24.9 Å². The molecule has 0 radical (unpaired) electrons. The Bertz CT molecular complexity index is 499. The SMILES string of the molecule is Cc1ccsc1CNCCSc1ncccc1Br. The summed E-state index contributed by atoms with van der Waals surface area (Å²) < 4.78 is 1.07. The number of rotatable bonds is 6. The average molecular weight is 343 g/mol. The molecule has 2 rings (SSSR count). The van der Waals surface area contributed by atoms with Gasteiger partial charge in [-0.2, -0.15) is 0 Å². The van der Waals surface area contributed by atoms with Crippen LogP contribution in [0.5, 0.6) is 0 Å². The molecule has 0 saturated heterocycles. The number of nitrogens with one attached hydrogen (secondary N) is 1. The minimum absolute atomic E-state index is 0.966. The fraction of sp³-hybridized carbons (Fsp3) is 0.308. The van der Waals surface area contributed by atoms with Crippen molar-refractivity contribution >= 4 is 39.0 Å². The van der Waals surface area contributed by atoms with Gasteiger partial charge in [-0.3, -0.25) is 0 Å². The molecule has 0 aromatic carbocycles. The summed E-state index contributed by atoms with van der Waals surface area (Å²) in [7, 11) is 0. The van der Waals surface area contributed by atoms with E-state index < -0.39 is 0 Å². The Hall–Kier alpha value is -0.360. The average Bonchev–Trinajstić information content (AvgIpc) is 2.77. The molecule has 0 aliphatic rings. The van der Waals surface area contributed by atoms with E-state index in [0.29, 0.717) is 0 Å². The lowest BCUT2D eigenvalue weighted by molar-refractivity contribution is 0.738. The number of nitrogens with zero attached hydrogens (tertiary/aromatic N) is 1. The van der Waals surface area contributed by atoms with Gasteiger partial charge < -0.3 is 5.32 Å². The van der Waals surface area contributed by atoms with E-state index in [0.717, 1.165) is 28.3 Å². The summed E-state index contributed by atoms with van der Waals surface area (Å²) in [6.07, 6.45) is 1.83. The Kier molecular flexibility index (Phi) is 5.69. The van der Waals surface area contributed by atoms with Gasteiger partial charge >= 0.3 is 0 Å². The quantitative estimate of drug-likeness (QED) is 0.632. The van der Waals surface area contributed by atoms with E-state index in [2.05, 4.69) is 44.6 Å². The third kappa shape index (κ3) is 4.09. The van der Waals surface area contributed by atoms with Crippen molar-refractivity contribution in [2.75, 3.05) is 12.3 Å². The van der Waals surface area contributed by atoms with Crippen LogP contribution in [0.1, 0.15) is 10.4 Å². The molecular formula is C13H15BrN2S2. The Labute approximate surface area is 124 Å². The number of hydrogen-bond donors (Lipinski definition) is 1. The molecule has 0 spiro atoms. The fourth-order valence-corrected chi connectivity index (χ4v) is 3.74. The molecule has 1 N–H and O–H groups in total. The molecule has 0 amide bonds. The van der Waals surface area contributed by atoms with E-state index in [1.54, 1.807) is 11.8 Å². The highest BCUT2D eigenvalue weighted by Crippen LogP contribution is 2.24. The number of aryl methyl sites for hydroxylation is 1. The Balaban J connectivity index is 1.68. The van der Waals surface area contributed by atoms with Crippen molar-refractivity contribution in [2.24, 2.45) is 0 Å². The molecule has 2 aromatic rings. The molecule has 0 aliphatic heterocycles. The smallest absolute Gasteiger partial charge is 0.110 e. The van der Waals surface area contributed by atoms with E-state index >= 15 is 0 Å². The van der Waals surface area contributed by atoms with Crippen LogP contribution in [0.25, 0.3) is 0 Å². The standard InChI is InChI=1S/C13H15BrN2S2/c1-10-4-7-17-12(10)9-15-6-8-18-13-11(14)3-2-5-16-13/h2-5,7,15H,6,8-9H2,1H3. The monoisotopic (exact) mass is 342 g/mol. The zero-order valence-corrected chi connectivity index (χ0v) is 13.4. The number of pyridine rings is 1. The van der Waals surface area contributed by atoms with Gasteiger partial charge in [-0.25, -0.2) is 4.98 Å². The highest BCUT2D eigenvalue weighted by atomic mass is 79.9. The van der Waals surface area contributed by atoms with Crippen molar-refractivity contribution in [3.8, 4) is 0 Å². The maximum atomic E-state index is 4.33. The van der Waals surface area contributed by atoms with Crippen LogP contribution in [-0.4, -0.2) is 17.3 Å². The molecule has 2 nitrogen and oxygen atoms in total. The first kappa shape index (κ1) is 14.1. The van der Waals surface area contributed by atoms with Crippen LogP contribution < -0.4 is 5.32 Å². The third-order valence-electron chi connectivity index (χ3n) is 2.50. The highest BCUT2D eigenvalue weighted by Gasteiger charge is 2.01. The van der Waals surface area contributed by atoms with Crippen LogP contribution in [0.15, 0.2) is 39.3 Å². The number of halogens is 1. The van der Waals surface area contributed by atoms with Crippen LogP contribution >= 0.6 is 39.0 Å². The van der Waals surface area contributed by atoms with Crippen molar-refractivity contribution in [1.82, 2.24) is 10.3 Å². The van der Waals surface area contributed by atoms with Gasteiger partial charge in [0.15, 0.2) is 0 Å². The second-order valence-electron chi connectivity index (χ2n) is 3.84. The number of aromatic nitrogens is 1. The van der Waals surface area contributed by atoms with Gasteiger partial charge in [0, 0.05) is 34.4 Å². The van der Waals surface area contributed by atoms with Gasteiger partial charge in [-0.05, 0) is 52.0 Å². The summed E-state index contributed by atoms with van der Waals surface area (Å²) in [5, 5.41) is 6.67. The Morgan fingerprint density at radius 1 is 1.44 bits per heavy atom. The zero-order valence-electron chi connectivity index (χ0n) is 10.1. The number of thioether (sulfide) groups is 1. The number of thiophene rings is 1. The van der Waals surface area contributed by atoms with Crippen molar-refractivity contribution < 1.29 is 0 Å². The van der Waals surface area contributed by atoms with E-state index in [1.165, 1.54) is 10.4 Å². The lowest BCUT2D eigenvalue weighted by Gasteiger charge is -2.05. The lowest BCUT2D eigenvalue weighted by Crippen LogP contribution is -2.16. The maximum absolute atomic E-state index is 4.33. The van der Waals surface area contributed by atoms with E-state index in [4.69, 9.17) is 0 Å². The molecule has 18 heavy (non-hydrogen) atoms. The van der Waals surface area contributed by atoms with Gasteiger partial charge in [-0.1, -0.05) is 0 Å². The van der Waals surface area contributed by atoms with Crippen molar-refractivity contribution in [1.29, 1.82) is 0 Å². The van der Waals surface area contributed by atoms with Crippen molar-refractivity contribution in [3.05, 3.63) is 44.7 Å². The molecule has 0 atom stereocenters. The van der Waals surface area contributed by atoms with E-state index in [9.17, 15) is 0 Å². The Morgan fingerprint density at radius 3 is 3.06 bits per heavy atom. The molecule has 5 heteroatoms. The van der Waals surface area contributed by atoms with Crippen LogP contribution in [0.2, 0.25) is 0 Å². The first-order chi connectivity index (χ1) is 8.77. The van der Waals surface area contributed by atoms with Crippen LogP contribution in [-0.2, 0) is 6.54 Å². The molecule has 0 bridgehead atoms. The maximum Gasteiger partial charge on any atom is 0.110 e. The van der Waals surface area contributed by atoms with Gasteiger partial charge in [0.25, 0.3) is 0 Å². The minimum atomic E-state index is 0.966. The summed E-state index contributed by atoms with van der Waals surface area (Å²) in [5.41, 5.74) is 1.38. The van der Waals surface area contributed by atoms with Gasteiger partial charge in [0.1, 0.15) is 5.03 Å². The molecule has 96 valence electrons. The van der Waals surface area contributed by atoms with E-state index in [1.807, 2.05) is 29.7 Å². The molecule has 0 unspecified atom stereocenters. The zero-order chi connectivity index (χ0) is 12.8. The summed E-state index contributed by atoms with van der Waals surface area (Å²) in [5.74, 6) is 1.03. The lowest BCUT2D eigenvalue weighted by atomic mass is 10.3. The second kappa shape index (κ2) is 7.28. The molecule has 2 heterocycles. The van der Waals surface area contributed by atoms with Crippen LogP contribution in [0.3, 0.4) is 0 Å². The summed E-state index contributed by atoms with van der Waals surface area (Å²) in [6, 6.07) is 6.13. The molecule has 2 aromatic heterocycles. The predicted molar refractivity (Wildman–Crippen MR) is 83.4 cm³/mol. The fourth-order valence-electron chi connectivity index (χ4n) is 1.48. The summed E-state index contributed by atoms with van der Waals surface area (Å²) in [4.78, 5) is 5.76. The van der Waals surface area contributed by atoms with Gasteiger partial charge in [-0.15, -0.1) is 23.1 Å². The van der Waals surface area contributed by atoms with Crippen LogP contribution in [0, 0.1) is 6.92 Å². The second-order valence-corrected chi connectivity index (χ2v) is 6.78. The van der Waals surface area contributed by atoms with Gasteiger partial charge in [0.05, 0.1) is 0 Å². The van der Waals surface area contributed by atoms with Crippen molar-refractivity contribution in [3.63, 3.8) is 0 Å². The normalized spacial score (nSPS) is 10.8. The summed E-state index contributed by atoms with van der Waals surface area (Å²) >= 11 is 7.09. The molecular weight excluding hydrogens is 328 g/mol. The van der Waals surface area contributed by atoms with Crippen molar-refractivity contribution in [2.45, 2.75) is 18.5 Å². The molecule has 0 saturated carbocycles. The minimum Gasteiger partial charge on any atom is -0.311 e. The number of hydrogen-bond acceptors (Lipinski definition) is 4. The molecule has 0 fully saturated rings.